The van der Waals surface area contributed by atoms with E-state index in [-0.39, 0.29) is 23.8 Å². The number of nitrogens with one attached hydrogen (secondary N) is 1. The normalized spacial score (nSPS) is 14.6. The van der Waals surface area contributed by atoms with E-state index < -0.39 is 47.3 Å². The third kappa shape index (κ3) is 11.2. The smallest absolute Gasteiger partial charge is 0.477 e. The van der Waals surface area contributed by atoms with E-state index in [1.165, 1.54) is 18.2 Å². The molecule has 0 saturated carbocycles. The number of carboxylic acids is 1. The molecule has 1 rings (SSSR count). The first-order chi connectivity index (χ1) is 18.0. The first kappa shape index (κ1) is 33.9. The molecule has 0 aliphatic heterocycles. The van der Waals surface area contributed by atoms with Crippen molar-refractivity contribution in [2.75, 3.05) is 0 Å². The fourth-order valence-corrected chi connectivity index (χ4v) is 3.81. The van der Waals surface area contributed by atoms with E-state index in [2.05, 4.69) is 5.32 Å². The molecule has 0 spiro atoms. The minimum atomic E-state index is -2.19. The third-order valence-electron chi connectivity index (χ3n) is 5.64. The first-order valence-corrected chi connectivity index (χ1v) is 13.5. The Hall–Kier alpha value is -3.14. The summed E-state index contributed by atoms with van der Waals surface area (Å²) in [5, 5.41) is 13.0. The molecule has 0 bridgehead atoms. The van der Waals surface area contributed by atoms with Crippen LogP contribution >= 0.6 is 0 Å². The number of rotatable bonds is 14. The number of aliphatic carboxylic acids is 1. The number of carboxylic acid groups (broad SMARTS) is 1. The maximum Gasteiger partial charge on any atom is 0.511 e. The highest BCUT2D eigenvalue weighted by atomic mass is 16.8. The zero-order chi connectivity index (χ0) is 30.0. The zero-order valence-electron chi connectivity index (χ0n) is 24.7. The quantitative estimate of drug-likeness (QED) is 0.170. The monoisotopic (exact) mass is 551 g/mol. The molecule has 0 radical (unpaired) electrons. The maximum absolute atomic E-state index is 12.8. The van der Waals surface area contributed by atoms with Gasteiger partial charge in [0.15, 0.2) is 11.5 Å². The van der Waals surface area contributed by atoms with Gasteiger partial charge >= 0.3 is 24.1 Å². The van der Waals surface area contributed by atoms with Crippen molar-refractivity contribution in [1.82, 2.24) is 5.32 Å². The van der Waals surface area contributed by atoms with Crippen LogP contribution in [0.3, 0.4) is 0 Å². The number of ether oxygens (including phenoxy) is 4. The van der Waals surface area contributed by atoms with Gasteiger partial charge in [0.2, 0.25) is 0 Å². The summed E-state index contributed by atoms with van der Waals surface area (Å²) in [6.45, 7) is 15.7. The Labute approximate surface area is 231 Å². The van der Waals surface area contributed by atoms with Gasteiger partial charge in [-0.25, -0.2) is 9.59 Å². The largest absolute Gasteiger partial charge is 0.511 e. The molecule has 0 aromatic heterocycles. The molecular weight excluding hydrogens is 506 g/mol. The lowest BCUT2D eigenvalue weighted by Gasteiger charge is -2.33. The van der Waals surface area contributed by atoms with Crippen molar-refractivity contribution in [3.63, 3.8) is 0 Å². The van der Waals surface area contributed by atoms with Crippen molar-refractivity contribution in [2.45, 2.75) is 112 Å². The van der Waals surface area contributed by atoms with Gasteiger partial charge in [-0.15, -0.1) is 0 Å². The van der Waals surface area contributed by atoms with Crippen molar-refractivity contribution in [3.05, 3.63) is 23.8 Å². The maximum atomic E-state index is 12.8. The molecule has 1 aromatic carbocycles. The lowest BCUT2D eigenvalue weighted by atomic mass is 10.0. The van der Waals surface area contributed by atoms with Gasteiger partial charge in [-0.2, -0.15) is 0 Å². The average molecular weight is 552 g/mol. The third-order valence-corrected chi connectivity index (χ3v) is 5.64. The Morgan fingerprint density at radius 3 is 1.79 bits per heavy atom. The number of carbonyl (C=O) groups excluding carboxylic acids is 3. The molecule has 2 unspecified atom stereocenters. The molecule has 0 saturated heterocycles. The Balaban J connectivity index is 3.49. The topological polar surface area (TPSA) is 137 Å². The van der Waals surface area contributed by atoms with Crippen LogP contribution in [0.1, 0.15) is 93.6 Å². The summed E-state index contributed by atoms with van der Waals surface area (Å²) >= 11 is 0. The van der Waals surface area contributed by atoms with E-state index in [0.717, 1.165) is 12.8 Å². The van der Waals surface area contributed by atoms with Gasteiger partial charge < -0.3 is 24.1 Å². The summed E-state index contributed by atoms with van der Waals surface area (Å²) in [5.41, 5.74) is -2.75. The standard InChI is InChI=1S/C29H45NO9/c1-10-12-19(5)24(31)36-22-15-14-21(16-23(22)37-25(32)20(6)13-11-2)17-29(26(33)34,30-18(3)4)39-27(35)38-28(7,8)9/h14-16,18-20,30H,10-13,17H2,1-9H3,(H,33,34)/t19?,20?,29-/m0/s1. The van der Waals surface area contributed by atoms with E-state index >= 15 is 0 Å². The predicted octanol–water partition coefficient (Wildman–Crippen LogP) is 5.64. The fraction of sp³-hybridized carbons (Fsp3) is 0.655. The van der Waals surface area contributed by atoms with E-state index in [4.69, 9.17) is 18.9 Å². The molecule has 10 nitrogen and oxygen atoms in total. The van der Waals surface area contributed by atoms with Crippen LogP contribution < -0.4 is 14.8 Å². The second kappa shape index (κ2) is 14.9. The molecule has 1 aromatic rings. The van der Waals surface area contributed by atoms with Gasteiger partial charge in [0, 0.05) is 12.5 Å². The molecule has 2 N–H and O–H groups in total. The number of hydrogen-bond donors (Lipinski definition) is 2. The van der Waals surface area contributed by atoms with Crippen molar-refractivity contribution >= 4 is 24.1 Å². The van der Waals surface area contributed by atoms with E-state index in [0.29, 0.717) is 18.4 Å². The van der Waals surface area contributed by atoms with Crippen LogP contribution in [-0.4, -0.2) is 46.5 Å². The number of hydrogen-bond acceptors (Lipinski definition) is 9. The Morgan fingerprint density at radius 1 is 0.846 bits per heavy atom. The van der Waals surface area contributed by atoms with Gasteiger partial charge in [0.25, 0.3) is 5.72 Å². The molecule has 0 fully saturated rings. The molecule has 39 heavy (non-hydrogen) atoms. The van der Waals surface area contributed by atoms with Crippen molar-refractivity contribution < 1.29 is 43.2 Å². The van der Waals surface area contributed by atoms with E-state index in [1.54, 1.807) is 48.5 Å². The van der Waals surface area contributed by atoms with Crippen LogP contribution in [-0.2, 0) is 30.3 Å². The van der Waals surface area contributed by atoms with Crippen LogP contribution in [0.2, 0.25) is 0 Å². The van der Waals surface area contributed by atoms with Gasteiger partial charge in [0.1, 0.15) is 5.60 Å². The van der Waals surface area contributed by atoms with Gasteiger partial charge in [-0.1, -0.05) is 46.6 Å². The van der Waals surface area contributed by atoms with Crippen molar-refractivity contribution in [1.29, 1.82) is 0 Å². The molecule has 0 aliphatic rings. The molecule has 0 amide bonds. The summed E-state index contributed by atoms with van der Waals surface area (Å²) < 4.78 is 21.8. The van der Waals surface area contributed by atoms with E-state index in [1.807, 2.05) is 13.8 Å². The van der Waals surface area contributed by atoms with E-state index in [9.17, 15) is 24.3 Å². The van der Waals surface area contributed by atoms with Gasteiger partial charge in [-0.05, 0) is 65.2 Å². The first-order valence-electron chi connectivity index (χ1n) is 13.5. The average Bonchev–Trinajstić information content (AvgIpc) is 2.78. The highest BCUT2D eigenvalue weighted by molar-refractivity contribution is 5.81. The minimum absolute atomic E-state index is 0.0291. The van der Waals surface area contributed by atoms with Gasteiger partial charge in [-0.3, -0.25) is 14.9 Å². The van der Waals surface area contributed by atoms with Crippen molar-refractivity contribution in [2.24, 2.45) is 11.8 Å². The zero-order valence-corrected chi connectivity index (χ0v) is 24.7. The van der Waals surface area contributed by atoms with Crippen LogP contribution in [0.25, 0.3) is 0 Å². The van der Waals surface area contributed by atoms with Crippen LogP contribution in [0.5, 0.6) is 11.5 Å². The molecular formula is C29H45NO9. The van der Waals surface area contributed by atoms with Crippen molar-refractivity contribution in [3.8, 4) is 11.5 Å². The second-order valence-corrected chi connectivity index (χ2v) is 11.2. The highest BCUT2D eigenvalue weighted by Gasteiger charge is 2.45. The molecule has 220 valence electrons. The molecule has 3 atom stereocenters. The Kier molecular flexibility index (Phi) is 12.9. The minimum Gasteiger partial charge on any atom is -0.477 e. The number of benzene rings is 1. The fourth-order valence-electron chi connectivity index (χ4n) is 3.81. The SMILES string of the molecule is CCCC(C)C(=O)Oc1ccc(C[C@](NC(C)C)(OC(=O)OC(C)(C)C)C(=O)O)cc1OC(=O)C(C)CCC. The summed E-state index contributed by atoms with van der Waals surface area (Å²) in [6, 6.07) is 3.99. The summed E-state index contributed by atoms with van der Waals surface area (Å²) in [6.07, 6.45) is 1.30. The Bertz CT molecular complexity index is 999. The Morgan fingerprint density at radius 2 is 1.36 bits per heavy atom. The second-order valence-electron chi connectivity index (χ2n) is 11.2. The van der Waals surface area contributed by atoms with Gasteiger partial charge in [0.05, 0.1) is 11.8 Å². The number of esters is 2. The lowest BCUT2D eigenvalue weighted by Crippen LogP contribution is -2.59. The predicted molar refractivity (Wildman–Crippen MR) is 146 cm³/mol. The molecule has 0 heterocycles. The lowest BCUT2D eigenvalue weighted by molar-refractivity contribution is -0.169. The molecule has 10 heteroatoms. The van der Waals surface area contributed by atoms with Crippen LogP contribution in [0.15, 0.2) is 18.2 Å². The number of carbonyl (C=O) groups is 4. The van der Waals surface area contributed by atoms with Crippen LogP contribution in [0.4, 0.5) is 4.79 Å². The summed E-state index contributed by atoms with van der Waals surface area (Å²) in [5.74, 6) is -3.19. The summed E-state index contributed by atoms with van der Waals surface area (Å²) in [7, 11) is 0. The van der Waals surface area contributed by atoms with Crippen LogP contribution in [0, 0.1) is 11.8 Å². The molecule has 0 aliphatic carbocycles. The highest BCUT2D eigenvalue weighted by Crippen LogP contribution is 2.32. The summed E-state index contributed by atoms with van der Waals surface area (Å²) in [4.78, 5) is 50.4.